The van der Waals surface area contributed by atoms with Crippen molar-refractivity contribution in [3.63, 3.8) is 0 Å². The highest BCUT2D eigenvalue weighted by atomic mass is 79.9. The van der Waals surface area contributed by atoms with Crippen molar-refractivity contribution in [1.29, 1.82) is 0 Å². The Kier molecular flexibility index (Phi) is 6.21. The number of hydrogen-bond donors (Lipinski definition) is 0. The zero-order valence-corrected chi connectivity index (χ0v) is 12.9. The third-order valence-corrected chi connectivity index (χ3v) is 4.05. The maximum atomic E-state index is 5.98. The molecule has 0 spiro atoms. The van der Waals surface area contributed by atoms with Crippen LogP contribution in [-0.4, -0.2) is 6.61 Å². The van der Waals surface area contributed by atoms with Crippen LogP contribution in [0, 0.1) is 12.8 Å². The average molecular weight is 299 g/mol. The lowest BCUT2D eigenvalue weighted by Crippen LogP contribution is -2.10. The Balaban J connectivity index is 2.63. The monoisotopic (exact) mass is 298 g/mol. The summed E-state index contributed by atoms with van der Waals surface area (Å²) in [4.78, 5) is 0. The van der Waals surface area contributed by atoms with Crippen molar-refractivity contribution in [3.8, 4) is 0 Å². The smallest absolute Gasteiger partial charge is 0.0807 e. The van der Waals surface area contributed by atoms with Gasteiger partial charge in [-0.1, -0.05) is 60.3 Å². The van der Waals surface area contributed by atoms with Crippen molar-refractivity contribution >= 4 is 15.9 Å². The lowest BCUT2D eigenvalue weighted by molar-refractivity contribution is 0.0370. The van der Waals surface area contributed by atoms with Gasteiger partial charge in [-0.15, -0.1) is 0 Å². The Hall–Kier alpha value is -0.340. The zero-order valence-electron chi connectivity index (χ0n) is 11.3. The molecule has 0 heterocycles. The second-order valence-corrected chi connectivity index (χ2v) is 5.54. The molecule has 0 N–H and O–H groups in total. The van der Waals surface area contributed by atoms with Crippen molar-refractivity contribution in [2.24, 2.45) is 5.92 Å². The summed E-state index contributed by atoms with van der Waals surface area (Å²) in [5.74, 6) is 0.682. The third kappa shape index (κ3) is 4.44. The molecule has 0 amide bonds. The van der Waals surface area contributed by atoms with E-state index in [0.717, 1.165) is 11.1 Å². The Labute approximate surface area is 114 Å². The average Bonchev–Trinajstić information content (AvgIpc) is 2.33. The number of aryl methyl sites for hydroxylation is 1. The standard InChI is InChI=1S/C15H23BrO/c1-5-13(6-2)10-17-12(4)14-9-11(3)7-8-15(14)16/h7-9,12-13H,5-6,10H2,1-4H3/t12-/m1/s1. The molecule has 0 aliphatic heterocycles. The summed E-state index contributed by atoms with van der Waals surface area (Å²) in [6.07, 6.45) is 2.54. The normalized spacial score (nSPS) is 13.1. The molecule has 17 heavy (non-hydrogen) atoms. The van der Waals surface area contributed by atoms with Gasteiger partial charge in [-0.3, -0.25) is 0 Å². The summed E-state index contributed by atoms with van der Waals surface area (Å²) in [5, 5.41) is 0. The zero-order chi connectivity index (χ0) is 12.8. The largest absolute Gasteiger partial charge is 0.373 e. The van der Waals surface area contributed by atoms with Crippen molar-refractivity contribution in [2.45, 2.75) is 46.6 Å². The second kappa shape index (κ2) is 7.17. The van der Waals surface area contributed by atoms with E-state index in [1.54, 1.807) is 0 Å². The summed E-state index contributed by atoms with van der Waals surface area (Å²) in [6, 6.07) is 6.41. The highest BCUT2D eigenvalue weighted by Crippen LogP contribution is 2.27. The summed E-state index contributed by atoms with van der Waals surface area (Å²) in [7, 11) is 0. The lowest BCUT2D eigenvalue weighted by Gasteiger charge is -2.19. The molecule has 1 nitrogen and oxygen atoms in total. The van der Waals surface area contributed by atoms with E-state index in [4.69, 9.17) is 4.74 Å². The molecule has 0 unspecified atom stereocenters. The van der Waals surface area contributed by atoms with Crippen LogP contribution in [0.3, 0.4) is 0 Å². The second-order valence-electron chi connectivity index (χ2n) is 4.68. The highest BCUT2D eigenvalue weighted by molar-refractivity contribution is 9.10. The van der Waals surface area contributed by atoms with Crippen molar-refractivity contribution < 1.29 is 4.74 Å². The van der Waals surface area contributed by atoms with E-state index in [0.29, 0.717) is 5.92 Å². The molecule has 0 aromatic heterocycles. The fourth-order valence-corrected chi connectivity index (χ4v) is 2.44. The molecule has 0 aliphatic rings. The molecular weight excluding hydrogens is 276 g/mol. The molecule has 0 fully saturated rings. The summed E-state index contributed by atoms with van der Waals surface area (Å²) < 4.78 is 7.12. The molecule has 0 radical (unpaired) electrons. The Morgan fingerprint density at radius 3 is 2.47 bits per heavy atom. The van der Waals surface area contributed by atoms with Gasteiger partial charge in [0, 0.05) is 4.47 Å². The molecule has 0 aliphatic carbocycles. The molecule has 96 valence electrons. The van der Waals surface area contributed by atoms with Crippen molar-refractivity contribution in [1.82, 2.24) is 0 Å². The third-order valence-electron chi connectivity index (χ3n) is 3.33. The predicted molar refractivity (Wildman–Crippen MR) is 77.3 cm³/mol. The minimum absolute atomic E-state index is 0.157. The molecule has 0 saturated heterocycles. The fourth-order valence-electron chi connectivity index (χ4n) is 1.87. The maximum absolute atomic E-state index is 5.98. The number of benzene rings is 1. The SMILES string of the molecule is CCC(CC)CO[C@H](C)c1cc(C)ccc1Br. The van der Waals surface area contributed by atoms with Crippen molar-refractivity contribution in [3.05, 3.63) is 33.8 Å². The van der Waals surface area contributed by atoms with E-state index in [9.17, 15) is 0 Å². The van der Waals surface area contributed by atoms with E-state index in [2.05, 4.69) is 61.8 Å². The molecule has 0 bridgehead atoms. The van der Waals surface area contributed by atoms with Gasteiger partial charge in [-0.2, -0.15) is 0 Å². The highest BCUT2D eigenvalue weighted by Gasteiger charge is 2.12. The van der Waals surface area contributed by atoms with E-state index in [1.807, 2.05) is 0 Å². The van der Waals surface area contributed by atoms with Crippen LogP contribution >= 0.6 is 15.9 Å². The van der Waals surface area contributed by atoms with Gasteiger partial charge < -0.3 is 4.74 Å². The van der Waals surface area contributed by atoms with Gasteiger partial charge in [0.05, 0.1) is 12.7 Å². The van der Waals surface area contributed by atoms with E-state index in [1.165, 1.54) is 24.0 Å². The first-order valence-electron chi connectivity index (χ1n) is 6.46. The summed E-state index contributed by atoms with van der Waals surface area (Å²) >= 11 is 3.59. The summed E-state index contributed by atoms with van der Waals surface area (Å²) in [5.41, 5.74) is 2.53. The van der Waals surface area contributed by atoms with Crippen LogP contribution in [0.2, 0.25) is 0 Å². The van der Waals surface area contributed by atoms with Crippen LogP contribution in [-0.2, 0) is 4.74 Å². The lowest BCUT2D eigenvalue weighted by atomic mass is 10.0. The van der Waals surface area contributed by atoms with Crippen LogP contribution in [0.1, 0.15) is 50.8 Å². The fraction of sp³-hybridized carbons (Fsp3) is 0.600. The Morgan fingerprint density at radius 1 is 1.24 bits per heavy atom. The van der Waals surface area contributed by atoms with Crippen LogP contribution < -0.4 is 0 Å². The first kappa shape index (κ1) is 14.7. The number of rotatable bonds is 6. The first-order chi connectivity index (χ1) is 8.08. The topological polar surface area (TPSA) is 9.23 Å². The Morgan fingerprint density at radius 2 is 1.88 bits per heavy atom. The molecule has 0 saturated carbocycles. The number of ether oxygens (including phenoxy) is 1. The van der Waals surface area contributed by atoms with Crippen LogP contribution in [0.4, 0.5) is 0 Å². The van der Waals surface area contributed by atoms with Crippen LogP contribution in [0.25, 0.3) is 0 Å². The minimum atomic E-state index is 0.157. The number of halogens is 1. The van der Waals surface area contributed by atoms with Gasteiger partial charge in [-0.05, 0) is 31.4 Å². The molecule has 1 rings (SSSR count). The molecular formula is C15H23BrO. The van der Waals surface area contributed by atoms with E-state index in [-0.39, 0.29) is 6.10 Å². The number of hydrogen-bond acceptors (Lipinski definition) is 1. The molecule has 1 atom stereocenters. The molecule has 1 aromatic carbocycles. The van der Waals surface area contributed by atoms with Gasteiger partial charge in [0.25, 0.3) is 0 Å². The van der Waals surface area contributed by atoms with Gasteiger partial charge in [-0.25, -0.2) is 0 Å². The van der Waals surface area contributed by atoms with E-state index >= 15 is 0 Å². The van der Waals surface area contributed by atoms with Gasteiger partial charge in [0.15, 0.2) is 0 Å². The molecule has 1 aromatic rings. The van der Waals surface area contributed by atoms with E-state index < -0.39 is 0 Å². The van der Waals surface area contributed by atoms with Crippen LogP contribution in [0.5, 0.6) is 0 Å². The Bertz CT molecular complexity index is 345. The van der Waals surface area contributed by atoms with Gasteiger partial charge in [0.2, 0.25) is 0 Å². The van der Waals surface area contributed by atoms with Crippen molar-refractivity contribution in [2.75, 3.05) is 6.61 Å². The van der Waals surface area contributed by atoms with Gasteiger partial charge in [0.1, 0.15) is 0 Å². The quantitative estimate of drug-likeness (QED) is 0.695. The molecule has 2 heteroatoms. The van der Waals surface area contributed by atoms with Crippen LogP contribution in [0.15, 0.2) is 22.7 Å². The predicted octanol–water partition coefficient (Wildman–Crippen LogP) is 5.27. The first-order valence-corrected chi connectivity index (χ1v) is 7.25. The summed E-state index contributed by atoms with van der Waals surface area (Å²) in [6.45, 7) is 9.55. The van der Waals surface area contributed by atoms with Gasteiger partial charge >= 0.3 is 0 Å². The minimum Gasteiger partial charge on any atom is -0.373 e. The maximum Gasteiger partial charge on any atom is 0.0807 e.